The molecule has 2 rings (SSSR count). The molecule has 1 N–H and O–H groups in total. The average Bonchev–Trinajstić information content (AvgIpc) is 2.75. The van der Waals surface area contributed by atoms with Gasteiger partial charge in [-0.2, -0.15) is 0 Å². The van der Waals surface area contributed by atoms with Gasteiger partial charge in [-0.1, -0.05) is 59.0 Å². The molecule has 2 aromatic rings. The van der Waals surface area contributed by atoms with Crippen molar-refractivity contribution in [2.45, 2.75) is 33.4 Å². The summed E-state index contributed by atoms with van der Waals surface area (Å²) in [6.45, 7) is 5.38. The summed E-state index contributed by atoms with van der Waals surface area (Å²) in [5.74, 6) is -0.715. The molecule has 0 aliphatic rings. The third-order valence-electron chi connectivity index (χ3n) is 5.04. The van der Waals surface area contributed by atoms with Crippen molar-refractivity contribution >= 4 is 66.7 Å². The van der Waals surface area contributed by atoms with Crippen LogP contribution in [0.4, 0.5) is 5.69 Å². The Labute approximate surface area is 219 Å². The SMILES string of the molecule is CC(C)CNC(=O)[C@H](C)N(Cc1c(Cl)cccc1Cl)C(=O)CN(c1ccc(Br)cc1)S(C)(=O)=O. The number of amides is 2. The van der Waals surface area contributed by atoms with Crippen LogP contribution in [0, 0.1) is 5.92 Å². The zero-order chi connectivity index (χ0) is 25.6. The number of rotatable bonds is 10. The molecule has 0 aromatic heterocycles. The predicted molar refractivity (Wildman–Crippen MR) is 141 cm³/mol. The quantitative estimate of drug-likeness (QED) is 0.433. The number of anilines is 1. The van der Waals surface area contributed by atoms with Crippen LogP contribution in [0.1, 0.15) is 26.3 Å². The Kier molecular flexibility index (Phi) is 10.2. The van der Waals surface area contributed by atoms with E-state index in [1.165, 1.54) is 4.90 Å². The van der Waals surface area contributed by atoms with E-state index in [4.69, 9.17) is 23.2 Å². The molecule has 7 nitrogen and oxygen atoms in total. The van der Waals surface area contributed by atoms with Crippen LogP contribution in [0.3, 0.4) is 0 Å². The predicted octanol–water partition coefficient (Wildman–Crippen LogP) is 4.71. The molecule has 2 amide bonds. The third kappa shape index (κ3) is 7.86. The van der Waals surface area contributed by atoms with Crippen LogP contribution in [-0.4, -0.2) is 50.5 Å². The molecule has 1 atom stereocenters. The van der Waals surface area contributed by atoms with Gasteiger partial charge in [0.05, 0.1) is 11.9 Å². The highest BCUT2D eigenvalue weighted by atomic mass is 79.9. The van der Waals surface area contributed by atoms with E-state index in [0.29, 0.717) is 27.8 Å². The zero-order valence-electron chi connectivity index (χ0n) is 19.4. The summed E-state index contributed by atoms with van der Waals surface area (Å²) in [6, 6.07) is 10.6. The minimum atomic E-state index is -3.80. The summed E-state index contributed by atoms with van der Waals surface area (Å²) in [5.41, 5.74) is 0.795. The number of hydrogen-bond acceptors (Lipinski definition) is 4. The molecule has 0 heterocycles. The summed E-state index contributed by atoms with van der Waals surface area (Å²) in [5, 5.41) is 3.50. The van der Waals surface area contributed by atoms with Crippen LogP contribution in [-0.2, 0) is 26.2 Å². The maximum Gasteiger partial charge on any atom is 0.244 e. The molecule has 0 spiro atoms. The van der Waals surface area contributed by atoms with Crippen molar-refractivity contribution in [2.75, 3.05) is 23.7 Å². The normalized spacial score (nSPS) is 12.4. The summed E-state index contributed by atoms with van der Waals surface area (Å²) in [7, 11) is -3.80. The number of halogens is 3. The fourth-order valence-electron chi connectivity index (χ4n) is 3.11. The maximum absolute atomic E-state index is 13.5. The fraction of sp³-hybridized carbons (Fsp3) is 0.391. The summed E-state index contributed by atoms with van der Waals surface area (Å²) >= 11 is 16.0. The van der Waals surface area contributed by atoms with Gasteiger partial charge in [0.15, 0.2) is 0 Å². The number of nitrogens with zero attached hydrogens (tertiary/aromatic N) is 2. The lowest BCUT2D eigenvalue weighted by Gasteiger charge is -2.32. The van der Waals surface area contributed by atoms with Gasteiger partial charge in [0.25, 0.3) is 0 Å². The second kappa shape index (κ2) is 12.2. The monoisotopic (exact) mass is 591 g/mol. The lowest BCUT2D eigenvalue weighted by atomic mass is 10.1. The first-order chi connectivity index (χ1) is 15.8. The molecule has 0 radical (unpaired) electrons. The summed E-state index contributed by atoms with van der Waals surface area (Å²) < 4.78 is 26.9. The largest absolute Gasteiger partial charge is 0.354 e. The van der Waals surface area contributed by atoms with E-state index < -0.39 is 28.5 Å². The van der Waals surface area contributed by atoms with Gasteiger partial charge in [0.1, 0.15) is 12.6 Å². The van der Waals surface area contributed by atoms with Crippen LogP contribution >= 0.6 is 39.1 Å². The van der Waals surface area contributed by atoms with E-state index >= 15 is 0 Å². The Hall–Kier alpha value is -1.81. The van der Waals surface area contributed by atoms with Gasteiger partial charge in [-0.25, -0.2) is 8.42 Å². The maximum atomic E-state index is 13.5. The molecule has 0 saturated carbocycles. The van der Waals surface area contributed by atoms with Crippen molar-refractivity contribution in [3.8, 4) is 0 Å². The molecule has 0 saturated heterocycles. The minimum absolute atomic E-state index is 0.0639. The highest BCUT2D eigenvalue weighted by Gasteiger charge is 2.31. The van der Waals surface area contributed by atoms with Crippen LogP contribution in [0.5, 0.6) is 0 Å². The second-order valence-corrected chi connectivity index (χ2v) is 11.9. The molecule has 0 bridgehead atoms. The third-order valence-corrected chi connectivity index (χ3v) is 7.41. The van der Waals surface area contributed by atoms with Crippen LogP contribution in [0.2, 0.25) is 10.0 Å². The Balaban J connectivity index is 2.41. The number of nitrogens with one attached hydrogen (secondary N) is 1. The van der Waals surface area contributed by atoms with E-state index in [-0.39, 0.29) is 18.4 Å². The highest BCUT2D eigenvalue weighted by molar-refractivity contribution is 9.10. The lowest BCUT2D eigenvalue weighted by Crippen LogP contribution is -2.51. The molecular weight excluding hydrogens is 565 g/mol. The first-order valence-electron chi connectivity index (χ1n) is 10.5. The first-order valence-corrected chi connectivity index (χ1v) is 13.9. The average molecular weight is 593 g/mol. The molecule has 11 heteroatoms. The lowest BCUT2D eigenvalue weighted by molar-refractivity contribution is -0.139. The smallest absolute Gasteiger partial charge is 0.244 e. The van der Waals surface area contributed by atoms with Crippen molar-refractivity contribution in [2.24, 2.45) is 5.92 Å². The molecule has 0 aliphatic heterocycles. The topological polar surface area (TPSA) is 86.8 Å². The molecule has 34 heavy (non-hydrogen) atoms. The summed E-state index contributed by atoms with van der Waals surface area (Å²) in [4.78, 5) is 27.6. The molecular formula is C23H28BrCl2N3O4S. The Bertz CT molecular complexity index is 1110. The van der Waals surface area contributed by atoms with E-state index in [0.717, 1.165) is 15.0 Å². The minimum Gasteiger partial charge on any atom is -0.354 e. The molecule has 0 aliphatic carbocycles. The number of benzene rings is 2. The number of sulfonamides is 1. The zero-order valence-corrected chi connectivity index (χ0v) is 23.3. The van der Waals surface area contributed by atoms with Gasteiger partial charge in [-0.15, -0.1) is 0 Å². The van der Waals surface area contributed by atoms with Crippen LogP contribution in [0.25, 0.3) is 0 Å². The van der Waals surface area contributed by atoms with Gasteiger partial charge < -0.3 is 10.2 Å². The molecule has 0 fully saturated rings. The van der Waals surface area contributed by atoms with E-state index in [1.807, 2.05) is 13.8 Å². The van der Waals surface area contributed by atoms with Crippen LogP contribution in [0.15, 0.2) is 46.9 Å². The van der Waals surface area contributed by atoms with E-state index in [9.17, 15) is 18.0 Å². The highest BCUT2D eigenvalue weighted by Crippen LogP contribution is 2.27. The fourth-order valence-corrected chi connectivity index (χ4v) is 4.74. The number of hydrogen-bond donors (Lipinski definition) is 1. The van der Waals surface area contributed by atoms with Crippen molar-refractivity contribution in [3.05, 3.63) is 62.5 Å². The van der Waals surface area contributed by atoms with Gasteiger partial charge in [0.2, 0.25) is 21.8 Å². The van der Waals surface area contributed by atoms with Crippen molar-refractivity contribution in [1.29, 1.82) is 0 Å². The number of carbonyl (C=O) groups is 2. The van der Waals surface area contributed by atoms with E-state index in [1.54, 1.807) is 49.4 Å². The standard InChI is InChI=1S/C23H28BrCl2N3O4S/c1-15(2)12-27-23(31)16(3)28(13-19-20(25)6-5-7-21(19)26)22(30)14-29(34(4,32)33)18-10-8-17(24)9-11-18/h5-11,15-16H,12-14H2,1-4H3,(H,27,31)/t16-/m0/s1. The molecule has 0 unspecified atom stereocenters. The van der Waals surface area contributed by atoms with Gasteiger partial charge in [-0.3, -0.25) is 13.9 Å². The van der Waals surface area contributed by atoms with Crippen molar-refractivity contribution in [1.82, 2.24) is 10.2 Å². The second-order valence-electron chi connectivity index (χ2n) is 8.28. The van der Waals surface area contributed by atoms with Gasteiger partial charge >= 0.3 is 0 Å². The van der Waals surface area contributed by atoms with Crippen molar-refractivity contribution < 1.29 is 18.0 Å². The summed E-state index contributed by atoms with van der Waals surface area (Å²) in [6.07, 6.45) is 1.02. The number of carbonyl (C=O) groups excluding carboxylic acids is 2. The van der Waals surface area contributed by atoms with Crippen LogP contribution < -0.4 is 9.62 Å². The Morgan fingerprint density at radius 2 is 1.59 bits per heavy atom. The van der Waals surface area contributed by atoms with Gasteiger partial charge in [-0.05, 0) is 49.2 Å². The Morgan fingerprint density at radius 3 is 2.09 bits per heavy atom. The Morgan fingerprint density at radius 1 is 1.03 bits per heavy atom. The van der Waals surface area contributed by atoms with Crippen molar-refractivity contribution in [3.63, 3.8) is 0 Å². The van der Waals surface area contributed by atoms with Gasteiger partial charge in [0, 0.05) is 33.2 Å². The first kappa shape index (κ1) is 28.4. The molecule has 186 valence electrons. The van der Waals surface area contributed by atoms with E-state index in [2.05, 4.69) is 21.2 Å². The molecule has 2 aromatic carbocycles.